The predicted octanol–water partition coefficient (Wildman–Crippen LogP) is 4.82. The highest BCUT2D eigenvalue weighted by molar-refractivity contribution is 7.92. The first-order valence-electron chi connectivity index (χ1n) is 9.88. The molecule has 31 heavy (non-hydrogen) atoms. The third-order valence-corrected chi connectivity index (χ3v) is 6.11. The van der Waals surface area contributed by atoms with Crippen molar-refractivity contribution in [3.63, 3.8) is 0 Å². The molecule has 1 atom stereocenters. The topological polar surface area (TPSA) is 84.5 Å². The van der Waals surface area contributed by atoms with Crippen LogP contribution in [0.5, 0.6) is 5.75 Å². The Morgan fingerprint density at radius 3 is 2.23 bits per heavy atom. The third-order valence-electron chi connectivity index (χ3n) is 4.73. The van der Waals surface area contributed by atoms with E-state index >= 15 is 0 Å². The minimum Gasteiger partial charge on any atom is -0.481 e. The van der Waals surface area contributed by atoms with Crippen LogP contribution in [0.2, 0.25) is 0 Å². The van der Waals surface area contributed by atoms with Crippen LogP contribution in [0.15, 0.2) is 71.6 Å². The number of aryl methyl sites for hydroxylation is 3. The molecule has 6 nitrogen and oxygen atoms in total. The summed E-state index contributed by atoms with van der Waals surface area (Å²) in [6, 6.07) is 19.0. The van der Waals surface area contributed by atoms with Crippen LogP contribution in [0.4, 0.5) is 11.4 Å². The Balaban J connectivity index is 1.65. The SMILES string of the molecule is Cc1cccc(O[C@H](C)C(=O)Nc2ccc(S(=O)(=O)Nc3ccc(C)cc3C)cc2)c1. The summed E-state index contributed by atoms with van der Waals surface area (Å²) in [5.74, 6) is 0.284. The van der Waals surface area contributed by atoms with Gasteiger partial charge in [-0.25, -0.2) is 8.42 Å². The zero-order chi connectivity index (χ0) is 22.6. The zero-order valence-corrected chi connectivity index (χ0v) is 18.8. The summed E-state index contributed by atoms with van der Waals surface area (Å²) in [4.78, 5) is 12.5. The summed E-state index contributed by atoms with van der Waals surface area (Å²) in [7, 11) is -3.74. The van der Waals surface area contributed by atoms with Gasteiger partial charge in [0.15, 0.2) is 6.10 Å². The first kappa shape index (κ1) is 22.4. The van der Waals surface area contributed by atoms with Crippen molar-refractivity contribution in [1.29, 1.82) is 0 Å². The van der Waals surface area contributed by atoms with Gasteiger partial charge in [-0.3, -0.25) is 9.52 Å². The van der Waals surface area contributed by atoms with Gasteiger partial charge in [-0.2, -0.15) is 0 Å². The van der Waals surface area contributed by atoms with Gasteiger partial charge in [-0.1, -0.05) is 29.8 Å². The third kappa shape index (κ3) is 5.86. The second-order valence-corrected chi connectivity index (χ2v) is 9.20. The lowest BCUT2D eigenvalue weighted by Gasteiger charge is -2.15. The summed E-state index contributed by atoms with van der Waals surface area (Å²) >= 11 is 0. The molecular formula is C24H26N2O4S. The maximum absolute atomic E-state index is 12.7. The summed E-state index contributed by atoms with van der Waals surface area (Å²) in [6.45, 7) is 7.40. The van der Waals surface area contributed by atoms with Crippen molar-refractivity contribution in [3.05, 3.63) is 83.4 Å². The zero-order valence-electron chi connectivity index (χ0n) is 18.0. The van der Waals surface area contributed by atoms with Crippen LogP contribution < -0.4 is 14.8 Å². The van der Waals surface area contributed by atoms with Crippen LogP contribution in [-0.2, 0) is 14.8 Å². The van der Waals surface area contributed by atoms with Crippen molar-refractivity contribution in [2.45, 2.75) is 38.7 Å². The minimum atomic E-state index is -3.74. The Hall–Kier alpha value is -3.32. The Morgan fingerprint density at radius 1 is 0.903 bits per heavy atom. The number of sulfonamides is 1. The van der Waals surface area contributed by atoms with E-state index in [0.717, 1.165) is 16.7 Å². The molecule has 0 saturated carbocycles. The lowest BCUT2D eigenvalue weighted by molar-refractivity contribution is -0.122. The monoisotopic (exact) mass is 438 g/mol. The van der Waals surface area contributed by atoms with E-state index in [0.29, 0.717) is 17.1 Å². The van der Waals surface area contributed by atoms with Crippen LogP contribution in [0.25, 0.3) is 0 Å². The van der Waals surface area contributed by atoms with E-state index in [1.54, 1.807) is 31.2 Å². The van der Waals surface area contributed by atoms with Crippen molar-refractivity contribution in [2.75, 3.05) is 10.0 Å². The van der Waals surface area contributed by atoms with Gasteiger partial charge < -0.3 is 10.1 Å². The van der Waals surface area contributed by atoms with Gasteiger partial charge in [0.05, 0.1) is 10.6 Å². The van der Waals surface area contributed by atoms with Gasteiger partial charge in [0.2, 0.25) is 0 Å². The Labute approximate surface area is 183 Å². The predicted molar refractivity (Wildman–Crippen MR) is 123 cm³/mol. The highest BCUT2D eigenvalue weighted by Gasteiger charge is 2.17. The summed E-state index contributed by atoms with van der Waals surface area (Å²) in [6.07, 6.45) is -0.712. The normalized spacial score (nSPS) is 12.1. The second-order valence-electron chi connectivity index (χ2n) is 7.51. The van der Waals surface area contributed by atoms with Crippen molar-refractivity contribution >= 4 is 27.3 Å². The first-order valence-corrected chi connectivity index (χ1v) is 11.4. The molecule has 0 unspecified atom stereocenters. The molecule has 2 N–H and O–H groups in total. The van der Waals surface area contributed by atoms with Crippen LogP contribution in [0, 0.1) is 20.8 Å². The first-order chi connectivity index (χ1) is 14.6. The van der Waals surface area contributed by atoms with Gasteiger partial charge >= 0.3 is 0 Å². The van der Waals surface area contributed by atoms with Crippen LogP contribution >= 0.6 is 0 Å². The molecule has 0 aliphatic rings. The van der Waals surface area contributed by atoms with Crippen LogP contribution in [0.3, 0.4) is 0 Å². The highest BCUT2D eigenvalue weighted by Crippen LogP contribution is 2.22. The molecule has 0 aliphatic carbocycles. The molecule has 0 radical (unpaired) electrons. The van der Waals surface area contributed by atoms with E-state index in [1.165, 1.54) is 12.1 Å². The maximum Gasteiger partial charge on any atom is 0.265 e. The molecule has 0 saturated heterocycles. The number of nitrogens with one attached hydrogen (secondary N) is 2. The van der Waals surface area contributed by atoms with E-state index in [4.69, 9.17) is 4.74 Å². The smallest absolute Gasteiger partial charge is 0.265 e. The second kappa shape index (κ2) is 9.22. The molecule has 162 valence electrons. The number of benzene rings is 3. The summed E-state index contributed by atoms with van der Waals surface area (Å²) in [5.41, 5.74) is 3.95. The summed E-state index contributed by atoms with van der Waals surface area (Å²) < 4.78 is 33.7. The molecule has 3 rings (SSSR count). The fourth-order valence-corrected chi connectivity index (χ4v) is 4.17. The number of anilines is 2. The maximum atomic E-state index is 12.7. The quantitative estimate of drug-likeness (QED) is 0.554. The van der Waals surface area contributed by atoms with Gasteiger partial charge in [-0.15, -0.1) is 0 Å². The lowest BCUT2D eigenvalue weighted by Crippen LogP contribution is -2.30. The van der Waals surface area contributed by atoms with Gasteiger partial charge in [-0.05, 0) is 81.3 Å². The molecule has 3 aromatic rings. The molecule has 7 heteroatoms. The van der Waals surface area contributed by atoms with Crippen LogP contribution in [0.1, 0.15) is 23.6 Å². The lowest BCUT2D eigenvalue weighted by atomic mass is 10.1. The Bertz CT molecular complexity index is 1190. The average Bonchev–Trinajstić information content (AvgIpc) is 2.70. The standard InChI is InChI=1S/C24H26N2O4S/c1-16-6-5-7-21(15-16)30-19(4)24(27)25-20-9-11-22(12-10-20)31(28,29)26-23-13-8-17(2)14-18(23)3/h5-15,19,26H,1-4H3,(H,25,27)/t19-/m1/s1. The molecule has 0 spiro atoms. The molecule has 0 heterocycles. The van der Waals surface area contributed by atoms with Crippen molar-refractivity contribution in [3.8, 4) is 5.75 Å². The van der Waals surface area contributed by atoms with E-state index in [9.17, 15) is 13.2 Å². The molecule has 0 aromatic heterocycles. The number of hydrogen-bond acceptors (Lipinski definition) is 4. The largest absolute Gasteiger partial charge is 0.481 e. The molecule has 1 amide bonds. The minimum absolute atomic E-state index is 0.106. The highest BCUT2D eigenvalue weighted by atomic mass is 32.2. The van der Waals surface area contributed by atoms with Crippen molar-refractivity contribution in [2.24, 2.45) is 0 Å². The number of rotatable bonds is 7. The van der Waals surface area contributed by atoms with Gasteiger partial charge in [0, 0.05) is 5.69 Å². The molecule has 3 aromatic carbocycles. The van der Waals surface area contributed by atoms with Crippen LogP contribution in [-0.4, -0.2) is 20.4 Å². The number of ether oxygens (including phenoxy) is 1. The molecule has 0 bridgehead atoms. The fraction of sp³-hybridized carbons (Fsp3) is 0.208. The van der Waals surface area contributed by atoms with Gasteiger partial charge in [0.25, 0.3) is 15.9 Å². The number of amides is 1. The van der Waals surface area contributed by atoms with E-state index in [-0.39, 0.29) is 10.8 Å². The average molecular weight is 439 g/mol. The Morgan fingerprint density at radius 2 is 1.58 bits per heavy atom. The molecule has 0 aliphatic heterocycles. The van der Waals surface area contributed by atoms with Gasteiger partial charge in [0.1, 0.15) is 5.75 Å². The van der Waals surface area contributed by atoms with E-state index in [1.807, 2.05) is 51.1 Å². The molecule has 0 fully saturated rings. The number of carbonyl (C=O) groups is 1. The van der Waals surface area contributed by atoms with E-state index in [2.05, 4.69) is 10.0 Å². The summed E-state index contributed by atoms with van der Waals surface area (Å²) in [5, 5.41) is 2.74. The van der Waals surface area contributed by atoms with E-state index < -0.39 is 16.1 Å². The molecular weight excluding hydrogens is 412 g/mol. The number of hydrogen-bond donors (Lipinski definition) is 2. The van der Waals surface area contributed by atoms with Crippen molar-refractivity contribution < 1.29 is 17.9 Å². The Kier molecular flexibility index (Phi) is 6.65. The number of carbonyl (C=O) groups excluding carboxylic acids is 1. The van der Waals surface area contributed by atoms with Crippen molar-refractivity contribution in [1.82, 2.24) is 0 Å². The fourth-order valence-electron chi connectivity index (χ4n) is 3.04.